The SMILES string of the molecule is CC[C@@H](C)c1ccc(NC2=NCCCCC2)cc1. The van der Waals surface area contributed by atoms with Crippen LogP contribution in [0.25, 0.3) is 0 Å². The molecule has 0 fully saturated rings. The highest BCUT2D eigenvalue weighted by molar-refractivity contribution is 5.95. The summed E-state index contributed by atoms with van der Waals surface area (Å²) >= 11 is 0. The van der Waals surface area contributed by atoms with Crippen LogP contribution in [0.3, 0.4) is 0 Å². The van der Waals surface area contributed by atoms with E-state index in [2.05, 4.69) is 48.4 Å². The maximum Gasteiger partial charge on any atom is 0.101 e. The first-order valence-electron chi connectivity index (χ1n) is 7.20. The molecule has 0 bridgehead atoms. The van der Waals surface area contributed by atoms with Gasteiger partial charge >= 0.3 is 0 Å². The van der Waals surface area contributed by atoms with E-state index in [1.807, 2.05) is 0 Å². The molecule has 98 valence electrons. The molecule has 0 spiro atoms. The van der Waals surface area contributed by atoms with Gasteiger partial charge in [-0.1, -0.05) is 32.4 Å². The van der Waals surface area contributed by atoms with Gasteiger partial charge in [-0.05, 0) is 42.9 Å². The smallest absolute Gasteiger partial charge is 0.101 e. The van der Waals surface area contributed by atoms with E-state index < -0.39 is 0 Å². The average Bonchev–Trinajstić information content (AvgIpc) is 2.67. The lowest BCUT2D eigenvalue weighted by atomic mass is 9.99. The van der Waals surface area contributed by atoms with E-state index in [0.29, 0.717) is 5.92 Å². The summed E-state index contributed by atoms with van der Waals surface area (Å²) in [7, 11) is 0. The summed E-state index contributed by atoms with van der Waals surface area (Å²) in [4.78, 5) is 4.60. The van der Waals surface area contributed by atoms with Crippen molar-refractivity contribution in [2.75, 3.05) is 11.9 Å². The number of amidine groups is 1. The second kappa shape index (κ2) is 6.58. The van der Waals surface area contributed by atoms with Gasteiger partial charge in [0.25, 0.3) is 0 Å². The first-order valence-corrected chi connectivity index (χ1v) is 7.20. The van der Waals surface area contributed by atoms with Crippen molar-refractivity contribution in [2.45, 2.75) is 51.9 Å². The molecule has 0 aliphatic carbocycles. The summed E-state index contributed by atoms with van der Waals surface area (Å²) in [6, 6.07) is 8.81. The van der Waals surface area contributed by atoms with Gasteiger partial charge in [0.15, 0.2) is 0 Å². The maximum atomic E-state index is 4.60. The number of hydrogen-bond acceptors (Lipinski definition) is 2. The van der Waals surface area contributed by atoms with E-state index in [9.17, 15) is 0 Å². The predicted molar refractivity (Wildman–Crippen MR) is 79.5 cm³/mol. The molecule has 0 aromatic heterocycles. The van der Waals surface area contributed by atoms with Crippen LogP contribution in [0.1, 0.15) is 57.4 Å². The number of hydrogen-bond donors (Lipinski definition) is 1. The first-order chi connectivity index (χ1) is 8.79. The van der Waals surface area contributed by atoms with Crippen molar-refractivity contribution in [1.82, 2.24) is 0 Å². The molecule has 0 saturated carbocycles. The summed E-state index contributed by atoms with van der Waals surface area (Å²) in [5.74, 6) is 1.80. The minimum absolute atomic E-state index is 0.647. The zero-order valence-corrected chi connectivity index (χ0v) is 11.6. The Balaban J connectivity index is 1.99. The summed E-state index contributed by atoms with van der Waals surface area (Å²) in [6.45, 7) is 5.49. The van der Waals surface area contributed by atoms with Gasteiger partial charge in [-0.3, -0.25) is 4.99 Å². The van der Waals surface area contributed by atoms with Crippen molar-refractivity contribution in [2.24, 2.45) is 4.99 Å². The van der Waals surface area contributed by atoms with Crippen molar-refractivity contribution >= 4 is 11.5 Å². The standard InChI is InChI=1S/C16H24N2/c1-3-13(2)14-8-10-15(11-9-14)18-16-7-5-4-6-12-17-16/h8-11,13H,3-7,12H2,1-2H3,(H,17,18)/t13-/m1/s1. The van der Waals surface area contributed by atoms with Gasteiger partial charge < -0.3 is 5.32 Å². The molecule has 2 rings (SSSR count). The lowest BCUT2D eigenvalue weighted by Gasteiger charge is -2.12. The number of anilines is 1. The highest BCUT2D eigenvalue weighted by Gasteiger charge is 2.06. The van der Waals surface area contributed by atoms with Crippen LogP contribution >= 0.6 is 0 Å². The number of aliphatic imine (C=N–C) groups is 1. The molecule has 1 aromatic carbocycles. The van der Waals surface area contributed by atoms with Crippen molar-refractivity contribution in [3.63, 3.8) is 0 Å². The van der Waals surface area contributed by atoms with E-state index in [1.54, 1.807) is 0 Å². The van der Waals surface area contributed by atoms with Crippen LogP contribution in [-0.4, -0.2) is 12.4 Å². The minimum atomic E-state index is 0.647. The predicted octanol–water partition coefficient (Wildman–Crippen LogP) is 4.58. The first kappa shape index (κ1) is 13.1. The molecular formula is C16H24N2. The topological polar surface area (TPSA) is 24.4 Å². The van der Waals surface area contributed by atoms with Gasteiger partial charge in [-0.25, -0.2) is 0 Å². The number of nitrogens with one attached hydrogen (secondary N) is 1. The summed E-state index contributed by atoms with van der Waals surface area (Å²) in [6.07, 6.45) is 6.09. The molecule has 1 aromatic rings. The van der Waals surface area contributed by atoms with E-state index in [4.69, 9.17) is 0 Å². The van der Waals surface area contributed by atoms with Crippen molar-refractivity contribution < 1.29 is 0 Å². The zero-order chi connectivity index (χ0) is 12.8. The monoisotopic (exact) mass is 244 g/mol. The van der Waals surface area contributed by atoms with Gasteiger partial charge in [-0.15, -0.1) is 0 Å². The molecule has 1 atom stereocenters. The second-order valence-corrected chi connectivity index (χ2v) is 5.20. The molecule has 0 radical (unpaired) electrons. The highest BCUT2D eigenvalue weighted by Crippen LogP contribution is 2.21. The van der Waals surface area contributed by atoms with Gasteiger partial charge in [0.1, 0.15) is 5.84 Å². The highest BCUT2D eigenvalue weighted by atomic mass is 15.0. The molecule has 1 heterocycles. The van der Waals surface area contributed by atoms with Crippen molar-refractivity contribution in [3.8, 4) is 0 Å². The number of nitrogens with zero attached hydrogens (tertiary/aromatic N) is 1. The lowest BCUT2D eigenvalue weighted by Crippen LogP contribution is -2.11. The Hall–Kier alpha value is -1.31. The van der Waals surface area contributed by atoms with Gasteiger partial charge in [0, 0.05) is 18.7 Å². The normalized spacial score (nSPS) is 17.8. The van der Waals surface area contributed by atoms with Crippen LogP contribution < -0.4 is 5.32 Å². The van der Waals surface area contributed by atoms with E-state index in [0.717, 1.165) is 18.8 Å². The summed E-state index contributed by atoms with van der Waals surface area (Å²) < 4.78 is 0. The Bertz CT molecular complexity index is 392. The van der Waals surface area contributed by atoms with Crippen LogP contribution in [0.15, 0.2) is 29.3 Å². The fraction of sp³-hybridized carbons (Fsp3) is 0.562. The lowest BCUT2D eigenvalue weighted by molar-refractivity contribution is 0.731. The number of benzene rings is 1. The molecule has 0 amide bonds. The molecule has 2 heteroatoms. The quantitative estimate of drug-likeness (QED) is 0.826. The van der Waals surface area contributed by atoms with Crippen LogP contribution in [0.5, 0.6) is 0 Å². The third-order valence-corrected chi connectivity index (χ3v) is 3.76. The molecule has 18 heavy (non-hydrogen) atoms. The average molecular weight is 244 g/mol. The third-order valence-electron chi connectivity index (χ3n) is 3.76. The van der Waals surface area contributed by atoms with Gasteiger partial charge in [-0.2, -0.15) is 0 Å². The molecular weight excluding hydrogens is 220 g/mol. The second-order valence-electron chi connectivity index (χ2n) is 5.20. The van der Waals surface area contributed by atoms with Gasteiger partial charge in [0.05, 0.1) is 0 Å². The fourth-order valence-electron chi connectivity index (χ4n) is 2.27. The Labute approximate surface area is 111 Å². The Morgan fingerprint density at radius 2 is 1.94 bits per heavy atom. The van der Waals surface area contributed by atoms with Crippen molar-refractivity contribution in [3.05, 3.63) is 29.8 Å². The molecule has 0 unspecified atom stereocenters. The van der Waals surface area contributed by atoms with Crippen molar-refractivity contribution in [1.29, 1.82) is 0 Å². The zero-order valence-electron chi connectivity index (χ0n) is 11.6. The van der Waals surface area contributed by atoms with E-state index in [-0.39, 0.29) is 0 Å². The van der Waals surface area contributed by atoms with E-state index >= 15 is 0 Å². The summed E-state index contributed by atoms with van der Waals surface area (Å²) in [5, 5.41) is 3.45. The number of rotatable bonds is 3. The Kier molecular flexibility index (Phi) is 4.80. The van der Waals surface area contributed by atoms with E-state index in [1.165, 1.54) is 36.9 Å². The van der Waals surface area contributed by atoms with Crippen LogP contribution in [-0.2, 0) is 0 Å². The Morgan fingerprint density at radius 3 is 2.67 bits per heavy atom. The largest absolute Gasteiger partial charge is 0.344 e. The summed E-state index contributed by atoms with van der Waals surface area (Å²) in [5.41, 5.74) is 2.59. The molecule has 0 saturated heterocycles. The Morgan fingerprint density at radius 1 is 1.17 bits per heavy atom. The van der Waals surface area contributed by atoms with Gasteiger partial charge in [0.2, 0.25) is 0 Å². The van der Waals surface area contributed by atoms with Crippen LogP contribution in [0, 0.1) is 0 Å². The molecule has 2 nitrogen and oxygen atoms in total. The molecule has 1 aliphatic rings. The molecule has 1 N–H and O–H groups in total. The molecule has 1 aliphatic heterocycles. The van der Waals surface area contributed by atoms with Crippen LogP contribution in [0.4, 0.5) is 5.69 Å². The van der Waals surface area contributed by atoms with Crippen LogP contribution in [0.2, 0.25) is 0 Å². The minimum Gasteiger partial charge on any atom is -0.344 e. The maximum absolute atomic E-state index is 4.60. The third kappa shape index (κ3) is 3.59. The fourth-order valence-corrected chi connectivity index (χ4v) is 2.27.